The van der Waals surface area contributed by atoms with Gasteiger partial charge in [0, 0.05) is 12.1 Å². The summed E-state index contributed by atoms with van der Waals surface area (Å²) in [5.74, 6) is -0.218. The first kappa shape index (κ1) is 22.2. The van der Waals surface area contributed by atoms with Gasteiger partial charge in [-0.1, -0.05) is 37.6 Å². The highest BCUT2D eigenvalue weighted by Crippen LogP contribution is 2.44. The topological polar surface area (TPSA) is 70.3 Å². The maximum Gasteiger partial charge on any atom is 0.418 e. The number of aromatic nitrogens is 2. The van der Waals surface area contributed by atoms with Crippen molar-refractivity contribution in [2.45, 2.75) is 37.5 Å². The molecule has 2 aromatic carbocycles. The summed E-state index contributed by atoms with van der Waals surface area (Å²) in [6.07, 6.45) is -4.01. The molecule has 0 bridgehead atoms. The van der Waals surface area contributed by atoms with Crippen molar-refractivity contribution in [3.63, 3.8) is 0 Å². The van der Waals surface area contributed by atoms with E-state index in [-0.39, 0.29) is 16.3 Å². The van der Waals surface area contributed by atoms with Crippen LogP contribution in [0.3, 0.4) is 0 Å². The number of fused-ring (bicyclic) bond motifs is 1. The van der Waals surface area contributed by atoms with Crippen molar-refractivity contribution in [2.75, 3.05) is 11.9 Å². The first-order chi connectivity index (χ1) is 13.8. The molecule has 1 atom stereocenters. The number of phenols is 1. The summed E-state index contributed by atoms with van der Waals surface area (Å²) in [5.41, 5.74) is -2.28. The van der Waals surface area contributed by atoms with Crippen molar-refractivity contribution < 1.29 is 23.4 Å². The number of nitrogens with one attached hydrogen (secondary N) is 1. The molecule has 1 heterocycles. The van der Waals surface area contributed by atoms with E-state index in [1.54, 1.807) is 36.1 Å². The molecule has 0 aliphatic rings. The minimum atomic E-state index is -4.90. The molecule has 0 amide bonds. The summed E-state index contributed by atoms with van der Waals surface area (Å²) in [5, 5.41) is 23.9. The quantitative estimate of drug-likeness (QED) is 0.503. The highest BCUT2D eigenvalue weighted by atomic mass is 35.5. The smallest absolute Gasteiger partial charge is 0.418 e. The number of hydrogen-bond donors (Lipinski definition) is 3. The van der Waals surface area contributed by atoms with Crippen LogP contribution in [0, 0.1) is 0 Å². The van der Waals surface area contributed by atoms with E-state index >= 15 is 0 Å². The molecule has 30 heavy (non-hydrogen) atoms. The molecule has 0 saturated heterocycles. The van der Waals surface area contributed by atoms with Crippen LogP contribution in [0.5, 0.6) is 5.75 Å². The Labute approximate surface area is 177 Å². The summed E-state index contributed by atoms with van der Waals surface area (Å²) in [4.78, 5) is 4.19. The van der Waals surface area contributed by atoms with E-state index in [2.05, 4.69) is 10.3 Å². The molecule has 0 fully saturated rings. The van der Waals surface area contributed by atoms with Gasteiger partial charge >= 0.3 is 6.18 Å². The molecule has 5 nitrogen and oxygen atoms in total. The van der Waals surface area contributed by atoms with Crippen molar-refractivity contribution in [2.24, 2.45) is 7.05 Å². The standard InChI is InChI=1S/C21H23ClF3N3O2/c1-19(2,14-8-7-13(22)9-17(14)29)10-20(30,21(23,24)25)11-26-15-5-4-6-16-18(15)28(3)12-27-16/h4-9,12,26,29-30H,10-11H2,1-3H3. The normalized spacial score (nSPS) is 14.7. The van der Waals surface area contributed by atoms with Crippen molar-refractivity contribution in [1.29, 1.82) is 0 Å². The van der Waals surface area contributed by atoms with Crippen molar-refractivity contribution >= 4 is 28.3 Å². The number of phenolic OH excluding ortho intramolecular Hbond substituents is 1. The maximum absolute atomic E-state index is 14.0. The molecular formula is C21H23ClF3N3O2. The van der Waals surface area contributed by atoms with E-state index in [4.69, 9.17) is 11.6 Å². The number of nitrogens with zero attached hydrogens (tertiary/aromatic N) is 2. The number of halogens is 4. The molecular weight excluding hydrogens is 419 g/mol. The molecule has 9 heteroatoms. The van der Waals surface area contributed by atoms with Crippen molar-refractivity contribution in [3.8, 4) is 5.75 Å². The monoisotopic (exact) mass is 441 g/mol. The highest BCUT2D eigenvalue weighted by Gasteiger charge is 2.56. The van der Waals surface area contributed by atoms with Crippen LogP contribution in [0.25, 0.3) is 11.0 Å². The van der Waals surface area contributed by atoms with Crippen LogP contribution < -0.4 is 5.32 Å². The van der Waals surface area contributed by atoms with Gasteiger partial charge in [-0.05, 0) is 41.7 Å². The Morgan fingerprint density at radius 1 is 1.17 bits per heavy atom. The number of imidazole rings is 1. The van der Waals surface area contributed by atoms with Crippen molar-refractivity contribution in [1.82, 2.24) is 9.55 Å². The van der Waals surface area contributed by atoms with Gasteiger partial charge in [-0.25, -0.2) is 4.98 Å². The summed E-state index contributed by atoms with van der Waals surface area (Å²) in [6.45, 7) is 2.31. The first-order valence-electron chi connectivity index (χ1n) is 9.26. The van der Waals surface area contributed by atoms with Crippen LogP contribution >= 0.6 is 11.6 Å². The molecule has 0 aliphatic carbocycles. The van der Waals surface area contributed by atoms with E-state index in [9.17, 15) is 23.4 Å². The molecule has 3 N–H and O–H groups in total. The fourth-order valence-electron chi connectivity index (χ4n) is 3.76. The first-order valence-corrected chi connectivity index (χ1v) is 9.64. The van der Waals surface area contributed by atoms with E-state index in [1.807, 2.05) is 0 Å². The second-order valence-corrected chi connectivity index (χ2v) is 8.57. The third kappa shape index (κ3) is 4.20. The zero-order valence-corrected chi connectivity index (χ0v) is 17.5. The second-order valence-electron chi connectivity index (χ2n) is 8.13. The summed E-state index contributed by atoms with van der Waals surface area (Å²) < 4.78 is 43.6. The minimum absolute atomic E-state index is 0.218. The van der Waals surface area contributed by atoms with Gasteiger partial charge in [0.1, 0.15) is 5.75 Å². The van der Waals surface area contributed by atoms with Crippen LogP contribution in [0.2, 0.25) is 5.02 Å². The third-order valence-electron chi connectivity index (χ3n) is 5.26. The Morgan fingerprint density at radius 3 is 2.50 bits per heavy atom. The van der Waals surface area contributed by atoms with Crippen LogP contribution in [0.1, 0.15) is 25.8 Å². The van der Waals surface area contributed by atoms with E-state index in [0.29, 0.717) is 16.7 Å². The van der Waals surface area contributed by atoms with Gasteiger partial charge in [0.05, 0.1) is 29.6 Å². The van der Waals surface area contributed by atoms with Gasteiger partial charge in [-0.3, -0.25) is 0 Å². The second kappa shape index (κ2) is 7.67. The largest absolute Gasteiger partial charge is 0.508 e. The zero-order chi connectivity index (χ0) is 22.3. The third-order valence-corrected chi connectivity index (χ3v) is 5.49. The maximum atomic E-state index is 14.0. The predicted octanol–water partition coefficient (Wildman–Crippen LogP) is 5.01. The average Bonchev–Trinajstić information content (AvgIpc) is 3.00. The molecule has 3 aromatic rings. The summed E-state index contributed by atoms with van der Waals surface area (Å²) in [7, 11) is 1.74. The number of aryl methyl sites for hydroxylation is 1. The van der Waals surface area contributed by atoms with E-state index in [1.165, 1.54) is 32.0 Å². The average molecular weight is 442 g/mol. The minimum Gasteiger partial charge on any atom is -0.508 e. The van der Waals surface area contributed by atoms with Gasteiger partial charge < -0.3 is 20.1 Å². The van der Waals surface area contributed by atoms with E-state index in [0.717, 1.165) is 0 Å². The number of aromatic hydroxyl groups is 1. The number of hydrogen-bond acceptors (Lipinski definition) is 4. The molecule has 0 saturated carbocycles. The Bertz CT molecular complexity index is 1070. The Hall–Kier alpha value is -2.45. The lowest BCUT2D eigenvalue weighted by Crippen LogP contribution is -2.53. The van der Waals surface area contributed by atoms with Crippen LogP contribution in [0.4, 0.5) is 18.9 Å². The molecule has 0 aliphatic heterocycles. The number of alkyl halides is 3. The molecule has 1 unspecified atom stereocenters. The number of benzene rings is 2. The Kier molecular flexibility index (Phi) is 5.68. The van der Waals surface area contributed by atoms with Gasteiger partial charge in [0.2, 0.25) is 0 Å². The van der Waals surface area contributed by atoms with Crippen LogP contribution in [0.15, 0.2) is 42.7 Å². The van der Waals surface area contributed by atoms with Gasteiger partial charge in [0.25, 0.3) is 0 Å². The zero-order valence-electron chi connectivity index (χ0n) is 16.8. The van der Waals surface area contributed by atoms with Crippen molar-refractivity contribution in [3.05, 3.63) is 53.3 Å². The molecule has 3 rings (SSSR count). The fraction of sp³-hybridized carbons (Fsp3) is 0.381. The lowest BCUT2D eigenvalue weighted by atomic mass is 9.74. The predicted molar refractivity (Wildman–Crippen MR) is 111 cm³/mol. The van der Waals surface area contributed by atoms with E-state index < -0.39 is 30.2 Å². The molecule has 1 aromatic heterocycles. The number of aliphatic hydroxyl groups is 1. The van der Waals surface area contributed by atoms with Crippen LogP contribution in [-0.4, -0.2) is 38.1 Å². The van der Waals surface area contributed by atoms with Crippen LogP contribution in [-0.2, 0) is 12.5 Å². The fourth-order valence-corrected chi connectivity index (χ4v) is 3.93. The van der Waals surface area contributed by atoms with Gasteiger partial charge in [0.15, 0.2) is 5.60 Å². The SMILES string of the molecule is Cn1cnc2cccc(NCC(O)(CC(C)(C)c3ccc(Cl)cc3O)C(F)(F)F)c21. The lowest BCUT2D eigenvalue weighted by molar-refractivity contribution is -0.260. The molecule has 0 radical (unpaired) electrons. The highest BCUT2D eigenvalue weighted by molar-refractivity contribution is 6.30. The van der Waals surface area contributed by atoms with Gasteiger partial charge in [-0.15, -0.1) is 0 Å². The Morgan fingerprint density at radius 2 is 1.87 bits per heavy atom. The number of para-hydroxylation sites is 1. The number of rotatable bonds is 6. The summed E-state index contributed by atoms with van der Waals surface area (Å²) >= 11 is 5.83. The molecule has 162 valence electrons. The Balaban J connectivity index is 1.91. The molecule has 0 spiro atoms. The summed E-state index contributed by atoms with van der Waals surface area (Å²) in [6, 6.07) is 9.30. The van der Waals surface area contributed by atoms with Gasteiger partial charge in [-0.2, -0.15) is 13.2 Å². The lowest BCUT2D eigenvalue weighted by Gasteiger charge is -2.38. The number of anilines is 1.